The molecule has 1 heterocycles. The zero-order chi connectivity index (χ0) is 15.1. The Bertz CT molecular complexity index is 455. The van der Waals surface area contributed by atoms with Crippen LogP contribution in [0.4, 0.5) is 0 Å². The van der Waals surface area contributed by atoms with E-state index in [0.717, 1.165) is 29.5 Å². The molecule has 0 radical (unpaired) electrons. The van der Waals surface area contributed by atoms with E-state index in [1.807, 2.05) is 38.4 Å². The SMILES string of the molecule is CN(C)CCOc1ccc(CNC(=O)C2CSCN2)cc1.Cl.Cl. The zero-order valence-corrected chi connectivity index (χ0v) is 15.9. The molecule has 1 fully saturated rings. The van der Waals surface area contributed by atoms with Gasteiger partial charge in [-0.05, 0) is 31.8 Å². The summed E-state index contributed by atoms with van der Waals surface area (Å²) in [6.45, 7) is 2.12. The van der Waals surface area contributed by atoms with Gasteiger partial charge >= 0.3 is 0 Å². The van der Waals surface area contributed by atoms with Crippen LogP contribution in [0.1, 0.15) is 5.56 Å². The van der Waals surface area contributed by atoms with Gasteiger partial charge in [0, 0.05) is 24.7 Å². The molecule has 1 aromatic carbocycles. The fourth-order valence-corrected chi connectivity index (χ4v) is 2.87. The number of hydrogen-bond acceptors (Lipinski definition) is 5. The van der Waals surface area contributed by atoms with Crippen LogP contribution < -0.4 is 15.4 Å². The van der Waals surface area contributed by atoms with Crippen LogP contribution in [0.25, 0.3) is 0 Å². The van der Waals surface area contributed by atoms with Crippen molar-refractivity contribution in [2.24, 2.45) is 0 Å². The molecule has 1 saturated heterocycles. The molecule has 1 aliphatic rings. The number of hydrogen-bond donors (Lipinski definition) is 2. The summed E-state index contributed by atoms with van der Waals surface area (Å²) in [5.41, 5.74) is 1.08. The Morgan fingerprint density at radius 3 is 2.61 bits per heavy atom. The molecular weight excluding hydrogens is 357 g/mol. The lowest BCUT2D eigenvalue weighted by molar-refractivity contribution is -0.122. The molecule has 8 heteroatoms. The predicted octanol–water partition coefficient (Wildman–Crippen LogP) is 1.75. The van der Waals surface area contributed by atoms with E-state index in [0.29, 0.717) is 13.2 Å². The second-order valence-electron chi connectivity index (χ2n) is 5.29. The van der Waals surface area contributed by atoms with E-state index < -0.39 is 0 Å². The summed E-state index contributed by atoms with van der Waals surface area (Å²) in [6, 6.07) is 7.81. The summed E-state index contributed by atoms with van der Waals surface area (Å²) in [6.07, 6.45) is 0. The van der Waals surface area contributed by atoms with Crippen molar-refractivity contribution in [1.82, 2.24) is 15.5 Å². The van der Waals surface area contributed by atoms with Crippen LogP contribution in [0.15, 0.2) is 24.3 Å². The largest absolute Gasteiger partial charge is 0.492 e. The van der Waals surface area contributed by atoms with E-state index in [-0.39, 0.29) is 36.8 Å². The van der Waals surface area contributed by atoms with Crippen LogP contribution in [0, 0.1) is 0 Å². The molecule has 0 saturated carbocycles. The molecule has 2 N–H and O–H groups in total. The molecule has 1 aromatic rings. The van der Waals surface area contributed by atoms with Crippen LogP contribution in [0.2, 0.25) is 0 Å². The third-order valence-electron chi connectivity index (χ3n) is 3.23. The fourth-order valence-electron chi connectivity index (χ4n) is 1.93. The van der Waals surface area contributed by atoms with E-state index in [1.54, 1.807) is 11.8 Å². The zero-order valence-electron chi connectivity index (χ0n) is 13.4. The molecule has 0 aromatic heterocycles. The van der Waals surface area contributed by atoms with Crippen LogP contribution in [-0.2, 0) is 11.3 Å². The highest BCUT2D eigenvalue weighted by Gasteiger charge is 2.21. The number of likely N-dealkylation sites (N-methyl/N-ethyl adjacent to an activating group) is 1. The Labute approximate surface area is 154 Å². The number of carbonyl (C=O) groups excluding carboxylic acids is 1. The first-order chi connectivity index (χ1) is 10.1. The first-order valence-electron chi connectivity index (χ1n) is 7.10. The first-order valence-corrected chi connectivity index (χ1v) is 8.26. The quantitative estimate of drug-likeness (QED) is 0.753. The second kappa shape index (κ2) is 11.8. The minimum absolute atomic E-state index is 0. The summed E-state index contributed by atoms with van der Waals surface area (Å²) >= 11 is 1.75. The van der Waals surface area contributed by atoms with Gasteiger partial charge in [0.25, 0.3) is 0 Å². The fraction of sp³-hybridized carbons (Fsp3) is 0.533. The maximum Gasteiger partial charge on any atom is 0.238 e. The Morgan fingerprint density at radius 1 is 1.35 bits per heavy atom. The van der Waals surface area contributed by atoms with Gasteiger partial charge in [0.15, 0.2) is 0 Å². The lowest BCUT2D eigenvalue weighted by Gasteiger charge is -2.12. The van der Waals surface area contributed by atoms with Crippen molar-refractivity contribution in [2.75, 3.05) is 38.9 Å². The number of ether oxygens (including phenoxy) is 1. The number of amides is 1. The van der Waals surface area contributed by atoms with Crippen LogP contribution in [0.3, 0.4) is 0 Å². The number of thioether (sulfide) groups is 1. The van der Waals surface area contributed by atoms with Gasteiger partial charge in [-0.3, -0.25) is 10.1 Å². The molecule has 23 heavy (non-hydrogen) atoms. The third kappa shape index (κ3) is 8.13. The van der Waals surface area contributed by atoms with E-state index in [2.05, 4.69) is 15.5 Å². The molecule has 1 amide bonds. The molecule has 132 valence electrons. The number of benzene rings is 1. The van der Waals surface area contributed by atoms with E-state index in [1.165, 1.54) is 0 Å². The lowest BCUT2D eigenvalue weighted by atomic mass is 10.2. The van der Waals surface area contributed by atoms with Gasteiger partial charge in [-0.1, -0.05) is 12.1 Å². The van der Waals surface area contributed by atoms with Crippen molar-refractivity contribution < 1.29 is 9.53 Å². The van der Waals surface area contributed by atoms with Gasteiger partial charge in [-0.2, -0.15) is 0 Å². The van der Waals surface area contributed by atoms with Gasteiger partial charge in [-0.25, -0.2) is 0 Å². The van der Waals surface area contributed by atoms with Crippen molar-refractivity contribution in [3.8, 4) is 5.75 Å². The average Bonchev–Trinajstić information content (AvgIpc) is 3.00. The van der Waals surface area contributed by atoms with Crippen molar-refractivity contribution >= 4 is 42.5 Å². The minimum Gasteiger partial charge on any atom is -0.492 e. The molecule has 2 rings (SSSR count). The second-order valence-corrected chi connectivity index (χ2v) is 6.32. The van der Waals surface area contributed by atoms with Crippen LogP contribution in [-0.4, -0.2) is 55.7 Å². The standard InChI is InChI=1S/C15H23N3O2S.2ClH/c1-18(2)7-8-20-13-5-3-12(4-6-13)9-16-15(19)14-10-21-11-17-14;;/h3-6,14,17H,7-11H2,1-2H3,(H,16,19);2*1H. The number of rotatable bonds is 7. The average molecular weight is 382 g/mol. The summed E-state index contributed by atoms with van der Waals surface area (Å²) in [5.74, 6) is 2.65. The van der Waals surface area contributed by atoms with Gasteiger partial charge < -0.3 is 15.0 Å². The first kappa shape index (κ1) is 22.3. The Balaban J connectivity index is 0.00000242. The molecular formula is C15H25Cl2N3O2S. The highest BCUT2D eigenvalue weighted by atomic mass is 35.5. The van der Waals surface area contributed by atoms with E-state index in [9.17, 15) is 4.79 Å². The van der Waals surface area contributed by atoms with E-state index in [4.69, 9.17) is 4.74 Å². The Hall–Kier alpha value is -0.660. The number of carbonyl (C=O) groups is 1. The summed E-state index contributed by atoms with van der Waals surface area (Å²) < 4.78 is 5.64. The topological polar surface area (TPSA) is 53.6 Å². The maximum atomic E-state index is 11.9. The lowest BCUT2D eigenvalue weighted by Crippen LogP contribution is -2.41. The van der Waals surface area contributed by atoms with Crippen molar-refractivity contribution in [3.05, 3.63) is 29.8 Å². The van der Waals surface area contributed by atoms with Gasteiger partial charge in [0.05, 0.1) is 6.04 Å². The number of halogens is 2. The normalized spacial score (nSPS) is 16.4. The molecule has 1 unspecified atom stereocenters. The smallest absolute Gasteiger partial charge is 0.238 e. The summed E-state index contributed by atoms with van der Waals surface area (Å²) in [7, 11) is 4.04. The van der Waals surface area contributed by atoms with E-state index >= 15 is 0 Å². The number of nitrogens with one attached hydrogen (secondary N) is 2. The van der Waals surface area contributed by atoms with Crippen LogP contribution >= 0.6 is 36.6 Å². The summed E-state index contributed by atoms with van der Waals surface area (Å²) in [4.78, 5) is 14.0. The monoisotopic (exact) mass is 381 g/mol. The highest BCUT2D eigenvalue weighted by molar-refractivity contribution is 7.99. The Kier molecular flexibility index (Phi) is 11.5. The molecule has 0 spiro atoms. The summed E-state index contributed by atoms with van der Waals surface area (Å²) in [5, 5.41) is 6.12. The van der Waals surface area contributed by atoms with Gasteiger partial charge in [-0.15, -0.1) is 36.6 Å². The van der Waals surface area contributed by atoms with Crippen molar-refractivity contribution in [1.29, 1.82) is 0 Å². The Morgan fingerprint density at radius 2 is 2.04 bits per heavy atom. The maximum absolute atomic E-state index is 11.9. The van der Waals surface area contributed by atoms with Gasteiger partial charge in [0.1, 0.15) is 12.4 Å². The molecule has 1 aliphatic heterocycles. The van der Waals surface area contributed by atoms with Gasteiger partial charge in [0.2, 0.25) is 5.91 Å². The third-order valence-corrected chi connectivity index (χ3v) is 4.17. The molecule has 0 aliphatic carbocycles. The highest BCUT2D eigenvalue weighted by Crippen LogP contribution is 2.13. The predicted molar refractivity (Wildman–Crippen MR) is 101 cm³/mol. The number of nitrogens with zero attached hydrogens (tertiary/aromatic N) is 1. The van der Waals surface area contributed by atoms with Crippen molar-refractivity contribution in [3.63, 3.8) is 0 Å². The van der Waals surface area contributed by atoms with Crippen LogP contribution in [0.5, 0.6) is 5.75 Å². The molecule has 1 atom stereocenters. The van der Waals surface area contributed by atoms with Crippen molar-refractivity contribution in [2.45, 2.75) is 12.6 Å². The minimum atomic E-state index is -0.0522. The molecule has 5 nitrogen and oxygen atoms in total. The molecule has 0 bridgehead atoms.